The zero-order valence-electron chi connectivity index (χ0n) is 11.1. The van der Waals surface area contributed by atoms with Gasteiger partial charge in [0.15, 0.2) is 0 Å². The van der Waals surface area contributed by atoms with Crippen LogP contribution in [0.3, 0.4) is 0 Å². The number of hydrogen-bond donors (Lipinski definition) is 1. The molecule has 1 unspecified atom stereocenters. The Morgan fingerprint density at radius 2 is 2.11 bits per heavy atom. The molecule has 2 amide bonds. The molecule has 19 heavy (non-hydrogen) atoms. The number of nitrogens with one attached hydrogen (secondary N) is 1. The lowest BCUT2D eigenvalue weighted by atomic mass is 10.1. The number of amides is 2. The van der Waals surface area contributed by atoms with Gasteiger partial charge in [-0.25, -0.2) is 4.79 Å². The van der Waals surface area contributed by atoms with Gasteiger partial charge in [0, 0.05) is 12.6 Å². The van der Waals surface area contributed by atoms with E-state index < -0.39 is 12.1 Å². The van der Waals surface area contributed by atoms with Crippen molar-refractivity contribution in [1.29, 1.82) is 0 Å². The molecular formula is C14H18N2O3. The summed E-state index contributed by atoms with van der Waals surface area (Å²) >= 11 is 0. The van der Waals surface area contributed by atoms with Crippen molar-refractivity contribution in [1.82, 2.24) is 10.2 Å². The van der Waals surface area contributed by atoms with Crippen LogP contribution in [0.2, 0.25) is 0 Å². The van der Waals surface area contributed by atoms with Gasteiger partial charge < -0.3 is 15.0 Å². The van der Waals surface area contributed by atoms with E-state index >= 15 is 0 Å². The van der Waals surface area contributed by atoms with E-state index in [0.29, 0.717) is 6.54 Å². The molecule has 0 aliphatic carbocycles. The number of carbonyl (C=O) groups excluding carboxylic acids is 2. The zero-order chi connectivity index (χ0) is 13.8. The van der Waals surface area contributed by atoms with Crippen LogP contribution in [-0.2, 0) is 16.1 Å². The van der Waals surface area contributed by atoms with Crippen LogP contribution >= 0.6 is 0 Å². The van der Waals surface area contributed by atoms with Crippen molar-refractivity contribution in [2.45, 2.75) is 32.5 Å². The van der Waals surface area contributed by atoms with E-state index in [1.165, 1.54) is 0 Å². The lowest BCUT2D eigenvalue weighted by Crippen LogP contribution is -2.47. The van der Waals surface area contributed by atoms with Crippen molar-refractivity contribution in [3.8, 4) is 0 Å². The van der Waals surface area contributed by atoms with Crippen molar-refractivity contribution in [3.05, 3.63) is 35.9 Å². The highest BCUT2D eigenvalue weighted by Gasteiger charge is 2.33. The van der Waals surface area contributed by atoms with Crippen LogP contribution in [0.1, 0.15) is 19.4 Å². The smallest absolute Gasteiger partial charge is 0.407 e. The van der Waals surface area contributed by atoms with Crippen LogP contribution in [0, 0.1) is 0 Å². The van der Waals surface area contributed by atoms with Gasteiger partial charge in [-0.3, -0.25) is 4.79 Å². The number of benzene rings is 1. The average Bonchev–Trinajstić information content (AvgIpc) is 2.83. The normalized spacial score (nSPS) is 18.1. The molecule has 1 aromatic carbocycles. The molecule has 0 spiro atoms. The van der Waals surface area contributed by atoms with Gasteiger partial charge in [-0.2, -0.15) is 0 Å². The molecule has 1 N–H and O–H groups in total. The molecule has 0 aromatic heterocycles. The maximum Gasteiger partial charge on any atom is 0.407 e. The Morgan fingerprint density at radius 1 is 1.42 bits per heavy atom. The standard InChI is InChI=1S/C14H18N2O3/c1-10(2)16(8-11-6-4-3-5-7-11)13(17)12-9-19-14(18)15-12/h3-7,10,12H,8-9H2,1-2H3,(H,15,18). The molecule has 1 fully saturated rings. The molecule has 1 aromatic rings. The minimum Gasteiger partial charge on any atom is -0.447 e. The van der Waals surface area contributed by atoms with Crippen LogP contribution in [0.15, 0.2) is 30.3 Å². The van der Waals surface area contributed by atoms with Crippen LogP contribution < -0.4 is 5.32 Å². The first-order valence-electron chi connectivity index (χ1n) is 6.35. The predicted octanol–water partition coefficient (Wildman–Crippen LogP) is 1.53. The second kappa shape index (κ2) is 5.73. The van der Waals surface area contributed by atoms with Crippen LogP contribution in [0.25, 0.3) is 0 Å². The van der Waals surface area contributed by atoms with Gasteiger partial charge in [0.05, 0.1) is 0 Å². The Bertz CT molecular complexity index is 459. The summed E-state index contributed by atoms with van der Waals surface area (Å²) in [7, 11) is 0. The van der Waals surface area contributed by atoms with E-state index in [-0.39, 0.29) is 18.6 Å². The molecule has 0 saturated carbocycles. The third-order valence-electron chi connectivity index (χ3n) is 3.07. The molecule has 1 heterocycles. The van der Waals surface area contributed by atoms with Gasteiger partial charge in [-0.1, -0.05) is 30.3 Å². The molecule has 5 nitrogen and oxygen atoms in total. The Labute approximate surface area is 112 Å². The summed E-state index contributed by atoms with van der Waals surface area (Å²) in [6.45, 7) is 4.55. The first-order valence-corrected chi connectivity index (χ1v) is 6.35. The van der Waals surface area contributed by atoms with E-state index in [9.17, 15) is 9.59 Å². The first-order chi connectivity index (χ1) is 9.08. The first kappa shape index (κ1) is 13.4. The summed E-state index contributed by atoms with van der Waals surface area (Å²) in [4.78, 5) is 25.1. The molecular weight excluding hydrogens is 244 g/mol. The van der Waals surface area contributed by atoms with Gasteiger partial charge >= 0.3 is 6.09 Å². The van der Waals surface area contributed by atoms with Crippen LogP contribution in [0.5, 0.6) is 0 Å². The minimum absolute atomic E-state index is 0.0604. The van der Waals surface area contributed by atoms with Crippen molar-refractivity contribution in [2.24, 2.45) is 0 Å². The Hall–Kier alpha value is -2.04. The van der Waals surface area contributed by atoms with Crippen LogP contribution in [0.4, 0.5) is 4.79 Å². The summed E-state index contributed by atoms with van der Waals surface area (Å²) in [5.41, 5.74) is 1.06. The van der Waals surface area contributed by atoms with Gasteiger partial charge in [0.1, 0.15) is 12.6 Å². The number of carbonyl (C=O) groups is 2. The third-order valence-corrected chi connectivity index (χ3v) is 3.07. The van der Waals surface area contributed by atoms with Gasteiger partial charge in [-0.05, 0) is 19.4 Å². The van der Waals surface area contributed by atoms with Crippen molar-refractivity contribution < 1.29 is 14.3 Å². The molecule has 0 bridgehead atoms. The highest BCUT2D eigenvalue weighted by atomic mass is 16.6. The lowest BCUT2D eigenvalue weighted by Gasteiger charge is -2.28. The van der Waals surface area contributed by atoms with Gasteiger partial charge in [0.2, 0.25) is 5.91 Å². The molecule has 102 valence electrons. The number of nitrogens with zero attached hydrogens (tertiary/aromatic N) is 1. The third kappa shape index (κ3) is 3.24. The fourth-order valence-corrected chi connectivity index (χ4v) is 2.01. The van der Waals surface area contributed by atoms with Gasteiger partial charge in [0.25, 0.3) is 0 Å². The molecule has 1 saturated heterocycles. The van der Waals surface area contributed by atoms with E-state index in [2.05, 4.69) is 5.32 Å². The minimum atomic E-state index is -0.571. The van der Waals surface area contributed by atoms with Crippen LogP contribution in [-0.4, -0.2) is 35.6 Å². The monoisotopic (exact) mass is 262 g/mol. The van der Waals surface area contributed by atoms with E-state index in [0.717, 1.165) is 5.56 Å². The second-order valence-corrected chi connectivity index (χ2v) is 4.84. The molecule has 0 radical (unpaired) electrons. The zero-order valence-corrected chi connectivity index (χ0v) is 11.1. The predicted molar refractivity (Wildman–Crippen MR) is 70.4 cm³/mol. The molecule has 2 rings (SSSR count). The summed E-state index contributed by atoms with van der Waals surface area (Å²) in [5, 5.41) is 2.52. The molecule has 1 atom stereocenters. The summed E-state index contributed by atoms with van der Waals surface area (Å²) < 4.78 is 4.77. The van der Waals surface area contributed by atoms with E-state index in [1.54, 1.807) is 4.90 Å². The van der Waals surface area contributed by atoms with Crippen molar-refractivity contribution in [3.63, 3.8) is 0 Å². The number of ether oxygens (including phenoxy) is 1. The topological polar surface area (TPSA) is 58.6 Å². The summed E-state index contributed by atoms with van der Waals surface area (Å²) in [6, 6.07) is 9.27. The Balaban J connectivity index is 2.07. The average molecular weight is 262 g/mol. The highest BCUT2D eigenvalue weighted by Crippen LogP contribution is 2.12. The summed E-state index contributed by atoms with van der Waals surface area (Å²) in [6.07, 6.45) is -0.526. The van der Waals surface area contributed by atoms with Gasteiger partial charge in [-0.15, -0.1) is 0 Å². The number of cyclic esters (lactones) is 1. The highest BCUT2D eigenvalue weighted by molar-refractivity contribution is 5.88. The van der Waals surface area contributed by atoms with E-state index in [1.807, 2.05) is 44.2 Å². The van der Waals surface area contributed by atoms with E-state index in [4.69, 9.17) is 4.74 Å². The maximum absolute atomic E-state index is 12.4. The largest absolute Gasteiger partial charge is 0.447 e. The molecule has 1 aliphatic heterocycles. The number of rotatable bonds is 4. The summed E-state index contributed by atoms with van der Waals surface area (Å²) in [5.74, 6) is -0.107. The number of alkyl carbamates (subject to hydrolysis) is 1. The number of hydrogen-bond acceptors (Lipinski definition) is 3. The quantitative estimate of drug-likeness (QED) is 0.895. The fraction of sp³-hybridized carbons (Fsp3) is 0.429. The fourth-order valence-electron chi connectivity index (χ4n) is 2.01. The Kier molecular flexibility index (Phi) is 4.04. The second-order valence-electron chi connectivity index (χ2n) is 4.84. The van der Waals surface area contributed by atoms with Crippen molar-refractivity contribution >= 4 is 12.0 Å². The molecule has 1 aliphatic rings. The Morgan fingerprint density at radius 3 is 2.63 bits per heavy atom. The molecule has 5 heteroatoms. The van der Waals surface area contributed by atoms with Crippen molar-refractivity contribution in [2.75, 3.05) is 6.61 Å². The lowest BCUT2D eigenvalue weighted by molar-refractivity contribution is -0.135. The SMILES string of the molecule is CC(C)N(Cc1ccccc1)C(=O)C1COC(=O)N1. The maximum atomic E-state index is 12.4.